The summed E-state index contributed by atoms with van der Waals surface area (Å²) in [4.78, 5) is 28.8. The van der Waals surface area contributed by atoms with Crippen LogP contribution >= 0.6 is 11.3 Å². The zero-order valence-corrected chi connectivity index (χ0v) is 13.5. The number of benzene rings is 1. The second-order valence-electron chi connectivity index (χ2n) is 5.06. The summed E-state index contributed by atoms with van der Waals surface area (Å²) in [5.74, 6) is -0.229. The first-order valence-electron chi connectivity index (χ1n) is 6.85. The number of carbonyl (C=O) groups excluding carboxylic acids is 2. The molecule has 22 heavy (non-hydrogen) atoms. The van der Waals surface area contributed by atoms with Crippen molar-refractivity contribution in [3.05, 3.63) is 40.9 Å². The molecule has 1 aromatic heterocycles. The third-order valence-corrected chi connectivity index (χ3v) is 3.49. The monoisotopic (exact) mass is 318 g/mol. The van der Waals surface area contributed by atoms with Crippen LogP contribution in [-0.2, 0) is 0 Å². The molecule has 0 aliphatic carbocycles. The number of amides is 3. The maximum absolute atomic E-state index is 12.1. The molecule has 2 aromatic rings. The highest BCUT2D eigenvalue weighted by Gasteiger charge is 2.09. The minimum absolute atomic E-state index is 0.0619. The molecular weight excluding hydrogens is 300 g/mol. The minimum Gasteiger partial charge on any atom is -0.336 e. The molecule has 1 aromatic carbocycles. The van der Waals surface area contributed by atoms with E-state index >= 15 is 0 Å². The molecule has 0 saturated heterocycles. The van der Waals surface area contributed by atoms with Crippen LogP contribution in [-0.4, -0.2) is 23.0 Å². The molecule has 2 rings (SSSR count). The fraction of sp³-hybridized carbons (Fsp3) is 0.267. The van der Waals surface area contributed by atoms with Gasteiger partial charge >= 0.3 is 6.03 Å². The van der Waals surface area contributed by atoms with Gasteiger partial charge in [0, 0.05) is 28.4 Å². The quantitative estimate of drug-likeness (QED) is 0.809. The summed E-state index contributed by atoms with van der Waals surface area (Å²) in [5.41, 5.74) is 1.13. The lowest BCUT2D eigenvalue weighted by Crippen LogP contribution is -2.34. The van der Waals surface area contributed by atoms with Crippen molar-refractivity contribution in [3.8, 4) is 0 Å². The normalized spacial score (nSPS) is 10.4. The fourth-order valence-corrected chi connectivity index (χ4v) is 2.38. The van der Waals surface area contributed by atoms with Crippen molar-refractivity contribution >= 4 is 34.1 Å². The number of rotatable bonds is 4. The molecule has 7 heteroatoms. The molecule has 3 amide bonds. The van der Waals surface area contributed by atoms with E-state index in [9.17, 15) is 9.59 Å². The number of hydrogen-bond acceptors (Lipinski definition) is 4. The Morgan fingerprint density at radius 1 is 1.14 bits per heavy atom. The Balaban J connectivity index is 1.96. The van der Waals surface area contributed by atoms with Crippen LogP contribution in [0.4, 0.5) is 15.6 Å². The van der Waals surface area contributed by atoms with Gasteiger partial charge < -0.3 is 10.6 Å². The van der Waals surface area contributed by atoms with Crippen LogP contribution in [0.15, 0.2) is 30.5 Å². The standard InChI is InChI=1S/C15H18N4O2S/c1-9(2)17-14(21)18-12-6-4-11(5-7-12)13(20)19-15-16-8-10(3)22-15/h4-9H,1-3H3,(H,16,19,20)(H2,17,18,21). The van der Waals surface area contributed by atoms with Crippen LogP contribution in [0.1, 0.15) is 29.1 Å². The Labute approximate surface area is 133 Å². The number of aryl methyl sites for hydroxylation is 1. The SMILES string of the molecule is Cc1cnc(NC(=O)c2ccc(NC(=O)NC(C)C)cc2)s1. The summed E-state index contributed by atoms with van der Waals surface area (Å²) in [7, 11) is 0. The van der Waals surface area contributed by atoms with Crippen molar-refractivity contribution in [2.45, 2.75) is 26.8 Å². The van der Waals surface area contributed by atoms with Crippen LogP contribution in [0.2, 0.25) is 0 Å². The molecule has 0 radical (unpaired) electrons. The van der Waals surface area contributed by atoms with Gasteiger partial charge in [0.05, 0.1) is 0 Å². The van der Waals surface area contributed by atoms with E-state index in [-0.39, 0.29) is 18.0 Å². The lowest BCUT2D eigenvalue weighted by molar-refractivity contribution is 0.102. The molecule has 6 nitrogen and oxygen atoms in total. The van der Waals surface area contributed by atoms with E-state index in [0.29, 0.717) is 16.4 Å². The van der Waals surface area contributed by atoms with Crippen LogP contribution in [0, 0.1) is 6.92 Å². The molecule has 3 N–H and O–H groups in total. The summed E-state index contributed by atoms with van der Waals surface area (Å²) >= 11 is 1.42. The number of hydrogen-bond donors (Lipinski definition) is 3. The average Bonchev–Trinajstić information content (AvgIpc) is 2.83. The molecule has 0 aliphatic heterocycles. The largest absolute Gasteiger partial charge is 0.336 e. The molecule has 0 fully saturated rings. The molecular formula is C15H18N4O2S. The molecule has 0 bridgehead atoms. The van der Waals surface area contributed by atoms with Gasteiger partial charge in [0.2, 0.25) is 0 Å². The van der Waals surface area contributed by atoms with E-state index in [2.05, 4.69) is 20.9 Å². The molecule has 0 unspecified atom stereocenters. The predicted molar refractivity (Wildman–Crippen MR) is 88.5 cm³/mol. The zero-order chi connectivity index (χ0) is 16.1. The number of carbonyl (C=O) groups is 2. The Hall–Kier alpha value is -2.41. The first-order valence-corrected chi connectivity index (χ1v) is 7.67. The van der Waals surface area contributed by atoms with E-state index < -0.39 is 0 Å². The van der Waals surface area contributed by atoms with Gasteiger partial charge in [-0.3, -0.25) is 10.1 Å². The van der Waals surface area contributed by atoms with E-state index in [4.69, 9.17) is 0 Å². The van der Waals surface area contributed by atoms with E-state index in [1.54, 1.807) is 30.5 Å². The van der Waals surface area contributed by atoms with Crippen LogP contribution in [0.25, 0.3) is 0 Å². The number of aromatic nitrogens is 1. The molecule has 116 valence electrons. The van der Waals surface area contributed by atoms with Gasteiger partial charge in [-0.2, -0.15) is 0 Å². The first kappa shape index (κ1) is 16.0. The highest BCUT2D eigenvalue weighted by atomic mass is 32.1. The average molecular weight is 318 g/mol. The van der Waals surface area contributed by atoms with Gasteiger partial charge in [-0.1, -0.05) is 0 Å². The van der Waals surface area contributed by atoms with Crippen LogP contribution < -0.4 is 16.0 Å². The Kier molecular flexibility index (Phi) is 5.11. The second-order valence-corrected chi connectivity index (χ2v) is 6.30. The van der Waals surface area contributed by atoms with E-state index in [0.717, 1.165) is 4.88 Å². The second kappa shape index (κ2) is 7.04. The van der Waals surface area contributed by atoms with Gasteiger partial charge in [0.15, 0.2) is 5.13 Å². The molecule has 1 heterocycles. The Bertz CT molecular complexity index is 664. The Morgan fingerprint density at radius 3 is 2.36 bits per heavy atom. The van der Waals surface area contributed by atoms with Crippen molar-refractivity contribution < 1.29 is 9.59 Å². The summed E-state index contributed by atoms with van der Waals surface area (Å²) in [6, 6.07) is 6.46. The summed E-state index contributed by atoms with van der Waals surface area (Å²) in [6.07, 6.45) is 1.71. The summed E-state index contributed by atoms with van der Waals surface area (Å²) < 4.78 is 0. The van der Waals surface area contributed by atoms with Gasteiger partial charge in [-0.15, -0.1) is 11.3 Å². The van der Waals surface area contributed by atoms with Crippen molar-refractivity contribution in [1.29, 1.82) is 0 Å². The third kappa shape index (κ3) is 4.56. The minimum atomic E-state index is -0.273. The van der Waals surface area contributed by atoms with Crippen molar-refractivity contribution in [2.75, 3.05) is 10.6 Å². The number of thiazole rings is 1. The number of nitrogens with one attached hydrogen (secondary N) is 3. The first-order chi connectivity index (χ1) is 10.4. The number of anilines is 2. The molecule has 0 aliphatic rings. The third-order valence-electron chi connectivity index (χ3n) is 2.67. The van der Waals surface area contributed by atoms with E-state index in [1.165, 1.54) is 11.3 Å². The van der Waals surface area contributed by atoms with Crippen LogP contribution in [0.5, 0.6) is 0 Å². The summed E-state index contributed by atoms with van der Waals surface area (Å²) in [5, 5.41) is 8.73. The van der Waals surface area contributed by atoms with Crippen molar-refractivity contribution in [3.63, 3.8) is 0 Å². The van der Waals surface area contributed by atoms with Crippen molar-refractivity contribution in [2.24, 2.45) is 0 Å². The highest BCUT2D eigenvalue weighted by Crippen LogP contribution is 2.18. The van der Waals surface area contributed by atoms with Gasteiger partial charge in [0.1, 0.15) is 0 Å². The molecule has 0 spiro atoms. The lowest BCUT2D eigenvalue weighted by Gasteiger charge is -2.10. The smallest absolute Gasteiger partial charge is 0.319 e. The maximum Gasteiger partial charge on any atom is 0.319 e. The number of nitrogens with zero attached hydrogens (tertiary/aromatic N) is 1. The van der Waals surface area contributed by atoms with E-state index in [1.807, 2.05) is 20.8 Å². The predicted octanol–water partition coefficient (Wildman–Crippen LogP) is 3.23. The van der Waals surface area contributed by atoms with Gasteiger partial charge in [0.25, 0.3) is 5.91 Å². The van der Waals surface area contributed by atoms with Crippen molar-refractivity contribution in [1.82, 2.24) is 10.3 Å². The van der Waals surface area contributed by atoms with Gasteiger partial charge in [-0.25, -0.2) is 9.78 Å². The topological polar surface area (TPSA) is 83.1 Å². The maximum atomic E-state index is 12.1. The zero-order valence-electron chi connectivity index (χ0n) is 12.6. The number of urea groups is 1. The molecule has 0 saturated carbocycles. The molecule has 0 atom stereocenters. The highest BCUT2D eigenvalue weighted by molar-refractivity contribution is 7.15. The lowest BCUT2D eigenvalue weighted by atomic mass is 10.2. The van der Waals surface area contributed by atoms with Gasteiger partial charge in [-0.05, 0) is 45.0 Å². The fourth-order valence-electron chi connectivity index (χ4n) is 1.72. The van der Waals surface area contributed by atoms with Crippen LogP contribution in [0.3, 0.4) is 0 Å². The summed E-state index contributed by atoms with van der Waals surface area (Å²) in [6.45, 7) is 5.69. The Morgan fingerprint density at radius 2 is 1.82 bits per heavy atom.